The summed E-state index contributed by atoms with van der Waals surface area (Å²) < 4.78 is 0.783. The summed E-state index contributed by atoms with van der Waals surface area (Å²) in [7, 11) is 0. The number of rotatable bonds is 2. The molecule has 4 atom stereocenters. The molecule has 10 aliphatic heterocycles. The number of benzene rings is 2. The van der Waals surface area contributed by atoms with E-state index in [0.717, 1.165) is 4.31 Å². The summed E-state index contributed by atoms with van der Waals surface area (Å²) in [5.74, 6) is 0. The molecule has 2 aromatic carbocycles. The van der Waals surface area contributed by atoms with Crippen molar-refractivity contribution in [3.63, 3.8) is 0 Å². The quantitative estimate of drug-likeness (QED) is 0.445. The van der Waals surface area contributed by atoms with Crippen molar-refractivity contribution in [3.8, 4) is 11.1 Å². The summed E-state index contributed by atoms with van der Waals surface area (Å²) in [4.78, 5) is 17.7. The van der Waals surface area contributed by atoms with Gasteiger partial charge in [-0.15, -0.1) is 0 Å². The van der Waals surface area contributed by atoms with E-state index in [1.807, 2.05) is 0 Å². The van der Waals surface area contributed by atoms with Crippen molar-refractivity contribution in [1.82, 2.24) is 4.98 Å². The van der Waals surface area contributed by atoms with E-state index in [1.165, 1.54) is 65.4 Å². The molecule has 0 saturated carbocycles. The summed E-state index contributed by atoms with van der Waals surface area (Å²) >= 11 is 0. The molecule has 0 bridgehead atoms. The van der Waals surface area contributed by atoms with Crippen molar-refractivity contribution in [3.05, 3.63) is 66.4 Å². The first kappa shape index (κ1) is 10.8. The van der Waals surface area contributed by atoms with Crippen LogP contribution in [0.5, 0.6) is 0 Å². The van der Waals surface area contributed by atoms with Crippen LogP contribution in [0.3, 0.4) is 0 Å². The van der Waals surface area contributed by atoms with Gasteiger partial charge in [0.05, 0.1) is 0 Å². The average Bonchev–Trinajstić information content (AvgIpc) is 3.67. The van der Waals surface area contributed by atoms with Crippen LogP contribution in [-0.2, 0) is 10.8 Å². The summed E-state index contributed by atoms with van der Waals surface area (Å²) in [6.07, 6.45) is 0. The first-order chi connectivity index (χ1) is 13.1. The SMILES string of the molecule is c1ccc(-c2ccc3nc([C]45[CH]6[CH]7[CH]8[CH]4[Fe]786549%10%11[CH]5[CH]4[CH]9[CH]%10[CH]5%11)ccc3c2)cc1. The van der Waals surface area contributed by atoms with Gasteiger partial charge >= 0.3 is 148 Å². The molecule has 1 spiro atoms. The van der Waals surface area contributed by atoms with Crippen molar-refractivity contribution in [2.24, 2.45) is 0 Å². The van der Waals surface area contributed by atoms with E-state index in [4.69, 9.17) is 4.98 Å². The maximum absolute atomic E-state index is 5.44. The van der Waals surface area contributed by atoms with Gasteiger partial charge in [0.2, 0.25) is 0 Å². The molecule has 13 rings (SSSR count). The van der Waals surface area contributed by atoms with Gasteiger partial charge in [0, 0.05) is 0 Å². The molecule has 4 unspecified atom stereocenters. The predicted octanol–water partition coefficient (Wildman–Crippen LogP) is 6.70. The molecule has 0 amide bonds. The first-order valence-electron chi connectivity index (χ1n) is 10.8. The van der Waals surface area contributed by atoms with Crippen molar-refractivity contribution in [2.75, 3.05) is 0 Å². The Balaban J connectivity index is 1.11. The Morgan fingerprint density at radius 1 is 0.667 bits per heavy atom. The van der Waals surface area contributed by atoms with Crippen LogP contribution in [0.1, 0.15) is 5.69 Å². The maximum atomic E-state index is 5.44. The van der Waals surface area contributed by atoms with E-state index >= 15 is 0 Å². The fourth-order valence-electron chi connectivity index (χ4n) is 19.0. The molecular weight excluding hydrogens is 370 g/mol. The van der Waals surface area contributed by atoms with Crippen LogP contribution in [0.2, 0.25) is 43.3 Å². The van der Waals surface area contributed by atoms with Gasteiger partial charge in [-0.25, -0.2) is 0 Å². The van der Waals surface area contributed by atoms with Crippen molar-refractivity contribution >= 4 is 10.9 Å². The Hall–Kier alpha value is -1.63. The Bertz CT molecular complexity index is 1680. The molecular formula is C25H19FeN. The predicted molar refractivity (Wildman–Crippen MR) is 103 cm³/mol. The van der Waals surface area contributed by atoms with Gasteiger partial charge in [-0.2, -0.15) is 0 Å². The van der Waals surface area contributed by atoms with Crippen molar-refractivity contribution in [2.45, 2.75) is 47.7 Å². The number of nitrogens with zero attached hydrogens (tertiary/aromatic N) is 1. The zero-order valence-electron chi connectivity index (χ0n) is 14.8. The van der Waals surface area contributed by atoms with Crippen LogP contribution in [0.25, 0.3) is 22.0 Å². The van der Waals surface area contributed by atoms with Gasteiger partial charge in [0.1, 0.15) is 0 Å². The van der Waals surface area contributed by atoms with Crippen molar-refractivity contribution < 1.29 is 6.51 Å². The van der Waals surface area contributed by atoms with E-state index in [-0.39, 0.29) is 0 Å². The number of fused-ring (bicyclic) bond motifs is 11. The molecule has 27 heavy (non-hydrogen) atoms. The molecule has 2 heteroatoms. The van der Waals surface area contributed by atoms with Crippen LogP contribution in [-0.4, -0.2) is 4.98 Å². The average molecular weight is 389 g/mol. The van der Waals surface area contributed by atoms with Crippen LogP contribution < -0.4 is 0 Å². The van der Waals surface area contributed by atoms with E-state index < -0.39 is 6.51 Å². The Morgan fingerprint density at radius 3 is 1.96 bits per heavy atom. The van der Waals surface area contributed by atoms with Gasteiger partial charge in [-0.1, -0.05) is 0 Å². The molecule has 3 aromatic rings. The van der Waals surface area contributed by atoms with Gasteiger partial charge in [-0.3, -0.25) is 0 Å². The monoisotopic (exact) mass is 389 g/mol. The standard InChI is InChI=1S/C20H14N.C5H5.Fe/c1-2-6-15(7-3-1)17-10-12-20-18(14-17)11-13-19(21-20)16-8-4-5-9-16;1-2-4-5-3-1;/h1-14H;1-5H;. The number of pyridine rings is 1. The number of hydrogen-bond donors (Lipinski definition) is 0. The zero-order chi connectivity index (χ0) is 16.7. The van der Waals surface area contributed by atoms with E-state index in [1.54, 1.807) is 5.69 Å². The fourth-order valence-corrected chi connectivity index (χ4v) is 93.0. The third-order valence-electron chi connectivity index (χ3n) is 17.9. The normalized spacial score (nSPS) is 79.3. The second-order valence-corrected chi connectivity index (χ2v) is 37.2. The molecule has 0 N–H and O–H groups in total. The molecule has 11 heterocycles. The Labute approximate surface area is 147 Å². The molecule has 132 valence electrons. The summed E-state index contributed by atoms with van der Waals surface area (Å²) in [5.41, 5.74) is 5.49. The second kappa shape index (κ2) is 1.27. The van der Waals surface area contributed by atoms with E-state index in [0.29, 0.717) is 0 Å². The van der Waals surface area contributed by atoms with E-state index in [2.05, 4.69) is 60.7 Å². The third kappa shape index (κ3) is 0.193. The summed E-state index contributed by atoms with van der Waals surface area (Å²) in [6.45, 7) is -3.08. The molecule has 1 aromatic heterocycles. The molecule has 10 saturated heterocycles. The van der Waals surface area contributed by atoms with Crippen LogP contribution in [0.4, 0.5) is 0 Å². The molecule has 0 radical (unpaired) electrons. The number of hydrogen-bond acceptors (Lipinski definition) is 1. The molecule has 10 fully saturated rings. The second-order valence-electron chi connectivity index (χ2n) is 13.6. The van der Waals surface area contributed by atoms with Gasteiger partial charge in [0.25, 0.3) is 0 Å². The van der Waals surface area contributed by atoms with E-state index in [9.17, 15) is 0 Å². The van der Waals surface area contributed by atoms with Crippen molar-refractivity contribution in [1.29, 1.82) is 0 Å². The summed E-state index contributed by atoms with van der Waals surface area (Å²) in [6, 6.07) is 22.6. The number of aromatic nitrogens is 1. The molecule has 1 nitrogen and oxygen atoms in total. The fraction of sp³-hybridized carbons (Fsp3) is 0.400. The summed E-state index contributed by atoms with van der Waals surface area (Å²) in [5, 5.41) is 1.33. The minimum absolute atomic E-state index is 0.783. The first-order valence-corrected chi connectivity index (χ1v) is 17.1. The van der Waals surface area contributed by atoms with Crippen LogP contribution in [0, 0.1) is 0 Å². The third-order valence-corrected chi connectivity index (χ3v) is 60.2. The van der Waals surface area contributed by atoms with Crippen LogP contribution in [0.15, 0.2) is 60.7 Å². The molecule has 10 aliphatic rings. The minimum atomic E-state index is -3.08. The topological polar surface area (TPSA) is 12.9 Å². The Kier molecular flexibility index (Phi) is 0.507. The van der Waals surface area contributed by atoms with Gasteiger partial charge in [0.15, 0.2) is 0 Å². The Morgan fingerprint density at radius 2 is 1.37 bits per heavy atom. The van der Waals surface area contributed by atoms with Gasteiger partial charge < -0.3 is 0 Å². The van der Waals surface area contributed by atoms with Crippen LogP contribution >= 0.6 is 0 Å². The van der Waals surface area contributed by atoms with Gasteiger partial charge in [-0.05, 0) is 0 Å². The zero-order valence-corrected chi connectivity index (χ0v) is 15.9. The molecule has 0 aliphatic carbocycles.